The van der Waals surface area contributed by atoms with Crippen LogP contribution in [0.25, 0.3) is 10.9 Å². The number of amides is 1. The Morgan fingerprint density at radius 2 is 1.74 bits per heavy atom. The molecule has 0 saturated heterocycles. The number of rotatable bonds is 5. The standard InChI is InChI=1S/C18H14F3N3O3/c19-18(20,21)12-7-5-11(6-8-12)9-24(10-15(25)26)17(27)16-13-3-1-2-4-14(13)22-23-16/h1-8H,9-10H2,(H,22,23)(H,25,26). The van der Waals surface area contributed by atoms with Gasteiger partial charge in [-0.15, -0.1) is 0 Å². The Morgan fingerprint density at radius 3 is 2.37 bits per heavy atom. The van der Waals surface area contributed by atoms with Gasteiger partial charge in [-0.1, -0.05) is 30.3 Å². The van der Waals surface area contributed by atoms with Crippen molar-refractivity contribution in [2.75, 3.05) is 6.54 Å². The molecule has 0 atom stereocenters. The fourth-order valence-electron chi connectivity index (χ4n) is 2.66. The third-order valence-electron chi connectivity index (χ3n) is 3.94. The van der Waals surface area contributed by atoms with Crippen molar-refractivity contribution in [2.24, 2.45) is 0 Å². The molecule has 1 amide bonds. The fraction of sp³-hybridized carbons (Fsp3) is 0.167. The fourth-order valence-corrected chi connectivity index (χ4v) is 2.66. The number of nitrogens with zero attached hydrogens (tertiary/aromatic N) is 2. The van der Waals surface area contributed by atoms with Crippen molar-refractivity contribution in [2.45, 2.75) is 12.7 Å². The molecule has 0 bridgehead atoms. The minimum absolute atomic E-state index is 0.0544. The molecule has 0 aliphatic heterocycles. The van der Waals surface area contributed by atoms with Gasteiger partial charge in [-0.05, 0) is 23.8 Å². The van der Waals surface area contributed by atoms with E-state index in [-0.39, 0.29) is 12.2 Å². The number of aromatic amines is 1. The van der Waals surface area contributed by atoms with E-state index in [0.29, 0.717) is 16.5 Å². The molecule has 2 N–H and O–H groups in total. The summed E-state index contributed by atoms with van der Waals surface area (Å²) >= 11 is 0. The molecule has 3 rings (SSSR count). The van der Waals surface area contributed by atoms with Crippen LogP contribution in [0.4, 0.5) is 13.2 Å². The second-order valence-electron chi connectivity index (χ2n) is 5.87. The van der Waals surface area contributed by atoms with Gasteiger partial charge in [-0.2, -0.15) is 18.3 Å². The maximum absolute atomic E-state index is 12.8. The summed E-state index contributed by atoms with van der Waals surface area (Å²) in [6.45, 7) is -0.772. The summed E-state index contributed by atoms with van der Waals surface area (Å²) in [5, 5.41) is 16.3. The third kappa shape index (κ3) is 4.08. The number of carboxylic acid groups (broad SMARTS) is 1. The van der Waals surface area contributed by atoms with E-state index in [1.807, 2.05) is 0 Å². The Morgan fingerprint density at radius 1 is 1.07 bits per heavy atom. The number of carbonyl (C=O) groups excluding carboxylic acids is 1. The van der Waals surface area contributed by atoms with Crippen LogP contribution in [-0.2, 0) is 17.5 Å². The number of fused-ring (bicyclic) bond motifs is 1. The lowest BCUT2D eigenvalue weighted by Crippen LogP contribution is -2.35. The van der Waals surface area contributed by atoms with Crippen LogP contribution in [0, 0.1) is 0 Å². The Hall–Kier alpha value is -3.36. The van der Waals surface area contributed by atoms with Gasteiger partial charge in [0.25, 0.3) is 5.91 Å². The van der Waals surface area contributed by atoms with Crippen LogP contribution in [0.3, 0.4) is 0 Å². The number of carbonyl (C=O) groups is 2. The summed E-state index contributed by atoms with van der Waals surface area (Å²) in [5.41, 5.74) is 0.225. The summed E-state index contributed by atoms with van der Waals surface area (Å²) < 4.78 is 38.0. The molecular formula is C18H14F3N3O3. The zero-order chi connectivity index (χ0) is 19.6. The van der Waals surface area contributed by atoms with Crippen LogP contribution < -0.4 is 0 Å². The second kappa shape index (κ2) is 7.10. The molecule has 0 radical (unpaired) electrons. The van der Waals surface area contributed by atoms with Crippen molar-refractivity contribution >= 4 is 22.8 Å². The Labute approximate surface area is 151 Å². The van der Waals surface area contributed by atoms with E-state index in [2.05, 4.69) is 10.2 Å². The molecule has 0 fully saturated rings. The van der Waals surface area contributed by atoms with Gasteiger partial charge < -0.3 is 10.0 Å². The second-order valence-corrected chi connectivity index (χ2v) is 5.87. The molecule has 2 aromatic carbocycles. The molecule has 3 aromatic rings. The summed E-state index contributed by atoms with van der Waals surface area (Å²) in [7, 11) is 0. The number of hydrogen-bond donors (Lipinski definition) is 2. The first kappa shape index (κ1) is 18.4. The van der Waals surface area contributed by atoms with Gasteiger partial charge in [0.2, 0.25) is 0 Å². The Bertz CT molecular complexity index is 981. The van der Waals surface area contributed by atoms with Crippen molar-refractivity contribution in [3.05, 3.63) is 65.4 Å². The number of hydrogen-bond acceptors (Lipinski definition) is 3. The average Bonchev–Trinajstić information content (AvgIpc) is 3.04. The summed E-state index contributed by atoms with van der Waals surface area (Å²) in [6, 6.07) is 11.1. The van der Waals surface area contributed by atoms with E-state index in [1.165, 1.54) is 12.1 Å². The Kier molecular flexibility index (Phi) is 4.85. The summed E-state index contributed by atoms with van der Waals surface area (Å²) in [4.78, 5) is 25.0. The topological polar surface area (TPSA) is 86.3 Å². The number of alkyl halides is 3. The number of benzene rings is 2. The molecule has 0 aliphatic rings. The minimum atomic E-state index is -4.47. The highest BCUT2D eigenvalue weighted by molar-refractivity contribution is 6.05. The predicted octanol–water partition coefficient (Wildman–Crippen LogP) is 3.31. The molecule has 27 heavy (non-hydrogen) atoms. The summed E-state index contributed by atoms with van der Waals surface area (Å²) in [5.74, 6) is -1.87. The molecule has 9 heteroatoms. The van der Waals surface area contributed by atoms with Crippen LogP contribution in [0.5, 0.6) is 0 Å². The summed E-state index contributed by atoms with van der Waals surface area (Å²) in [6.07, 6.45) is -4.47. The van der Waals surface area contributed by atoms with E-state index in [9.17, 15) is 22.8 Å². The molecule has 6 nitrogen and oxygen atoms in total. The number of aliphatic carboxylic acids is 1. The van der Waals surface area contributed by atoms with E-state index >= 15 is 0 Å². The van der Waals surface area contributed by atoms with Crippen LogP contribution in [0.1, 0.15) is 21.6 Å². The first-order valence-corrected chi connectivity index (χ1v) is 7.86. The van der Waals surface area contributed by atoms with Gasteiger partial charge >= 0.3 is 12.1 Å². The van der Waals surface area contributed by atoms with Gasteiger partial charge in [0.05, 0.1) is 11.1 Å². The van der Waals surface area contributed by atoms with Gasteiger partial charge in [0.1, 0.15) is 6.54 Å². The van der Waals surface area contributed by atoms with E-state index in [1.54, 1.807) is 24.3 Å². The number of halogens is 3. The highest BCUT2D eigenvalue weighted by atomic mass is 19.4. The van der Waals surface area contributed by atoms with Gasteiger partial charge in [0, 0.05) is 11.9 Å². The van der Waals surface area contributed by atoms with E-state index in [0.717, 1.165) is 17.0 Å². The number of aromatic nitrogens is 2. The van der Waals surface area contributed by atoms with Crippen molar-refractivity contribution in [1.82, 2.24) is 15.1 Å². The molecule has 0 spiro atoms. The van der Waals surface area contributed by atoms with Crippen LogP contribution >= 0.6 is 0 Å². The first-order valence-electron chi connectivity index (χ1n) is 7.86. The molecule has 1 heterocycles. The van der Waals surface area contributed by atoms with Crippen molar-refractivity contribution in [3.63, 3.8) is 0 Å². The average molecular weight is 377 g/mol. The van der Waals surface area contributed by atoms with Crippen LogP contribution in [0.2, 0.25) is 0 Å². The van der Waals surface area contributed by atoms with Crippen LogP contribution in [-0.4, -0.2) is 38.6 Å². The maximum Gasteiger partial charge on any atom is 0.416 e. The quantitative estimate of drug-likeness (QED) is 0.714. The van der Waals surface area contributed by atoms with E-state index < -0.39 is 30.2 Å². The maximum atomic E-state index is 12.8. The smallest absolute Gasteiger partial charge is 0.416 e. The van der Waals surface area contributed by atoms with Gasteiger partial charge in [-0.3, -0.25) is 14.7 Å². The lowest BCUT2D eigenvalue weighted by molar-refractivity contribution is -0.138. The zero-order valence-corrected chi connectivity index (χ0v) is 13.8. The van der Waals surface area contributed by atoms with Crippen LogP contribution in [0.15, 0.2) is 48.5 Å². The Balaban J connectivity index is 1.87. The normalized spacial score (nSPS) is 11.5. The molecule has 0 unspecified atom stereocenters. The highest BCUT2D eigenvalue weighted by Gasteiger charge is 2.30. The number of para-hydroxylation sites is 1. The number of carboxylic acids is 1. The third-order valence-corrected chi connectivity index (χ3v) is 3.94. The van der Waals surface area contributed by atoms with Crippen molar-refractivity contribution in [3.8, 4) is 0 Å². The zero-order valence-electron chi connectivity index (χ0n) is 13.8. The molecule has 0 saturated carbocycles. The molecular weight excluding hydrogens is 363 g/mol. The van der Waals surface area contributed by atoms with E-state index in [4.69, 9.17) is 5.11 Å². The minimum Gasteiger partial charge on any atom is -0.480 e. The van der Waals surface area contributed by atoms with Gasteiger partial charge in [0.15, 0.2) is 5.69 Å². The first-order chi connectivity index (χ1) is 12.8. The van der Waals surface area contributed by atoms with Crippen molar-refractivity contribution < 1.29 is 27.9 Å². The van der Waals surface area contributed by atoms with Gasteiger partial charge in [-0.25, -0.2) is 0 Å². The number of H-pyrrole nitrogens is 1. The largest absolute Gasteiger partial charge is 0.480 e. The SMILES string of the molecule is O=C(O)CN(Cc1ccc(C(F)(F)F)cc1)C(=O)c1n[nH]c2ccccc12. The highest BCUT2D eigenvalue weighted by Crippen LogP contribution is 2.29. The van der Waals surface area contributed by atoms with Crippen molar-refractivity contribution in [1.29, 1.82) is 0 Å². The monoisotopic (exact) mass is 377 g/mol. The molecule has 1 aromatic heterocycles. The lowest BCUT2D eigenvalue weighted by atomic mass is 10.1. The number of nitrogens with one attached hydrogen (secondary N) is 1. The molecule has 140 valence electrons. The lowest BCUT2D eigenvalue weighted by Gasteiger charge is -2.20. The predicted molar refractivity (Wildman–Crippen MR) is 89.9 cm³/mol. The molecule has 0 aliphatic carbocycles.